The van der Waals surface area contributed by atoms with Crippen LogP contribution in [0, 0.1) is 11.6 Å². The van der Waals surface area contributed by atoms with Crippen molar-refractivity contribution in [3.8, 4) is 11.1 Å². The summed E-state index contributed by atoms with van der Waals surface area (Å²) in [5, 5.41) is 8.45. The summed E-state index contributed by atoms with van der Waals surface area (Å²) in [6.45, 7) is 0.213. The van der Waals surface area contributed by atoms with Crippen LogP contribution in [0.25, 0.3) is 22.0 Å². The number of benzene rings is 2. The highest BCUT2D eigenvalue weighted by Gasteiger charge is 2.21. The Morgan fingerprint density at radius 2 is 1.71 bits per heavy atom. The molecule has 5 nitrogen and oxygen atoms in total. The summed E-state index contributed by atoms with van der Waals surface area (Å²) in [4.78, 5) is 21.4. The third-order valence-corrected chi connectivity index (χ3v) is 5.55. The monoisotopic (exact) mass is 453 g/mol. The van der Waals surface area contributed by atoms with Crippen LogP contribution < -0.4 is 0 Å². The standard InChI is InChI=1S/C25H19B2F2N3O2/c1-32(13-23-15(14-33)4-2-8-30-23)12-19-21(28)10-16(11-22(19)29)17-6-7-20(25(26,27)34)18-5-3-9-31-24(17)18/h2-11,14,34H,12-13H2,1H3. The van der Waals surface area contributed by atoms with Gasteiger partial charge in [0.1, 0.15) is 27.3 Å². The topological polar surface area (TPSA) is 66.3 Å². The number of carbonyl (C=O) groups excluding carboxylic acids is 1. The molecule has 1 N–H and O–H groups in total. The molecule has 2 aromatic carbocycles. The summed E-state index contributed by atoms with van der Waals surface area (Å²) >= 11 is 0. The molecule has 0 aliphatic heterocycles. The minimum atomic E-state index is -2.10. The highest BCUT2D eigenvalue weighted by Crippen LogP contribution is 2.34. The molecule has 0 fully saturated rings. The van der Waals surface area contributed by atoms with Crippen molar-refractivity contribution in [2.24, 2.45) is 0 Å². The van der Waals surface area contributed by atoms with Gasteiger partial charge < -0.3 is 5.11 Å². The van der Waals surface area contributed by atoms with E-state index in [1.807, 2.05) is 0 Å². The number of aldehydes is 1. The Balaban J connectivity index is 1.67. The molecule has 0 saturated heterocycles. The zero-order chi connectivity index (χ0) is 24.5. The van der Waals surface area contributed by atoms with E-state index in [4.69, 9.17) is 15.7 Å². The summed E-state index contributed by atoms with van der Waals surface area (Å²) in [7, 11) is 13.0. The number of hydrogen-bond acceptors (Lipinski definition) is 5. The number of pyridine rings is 2. The summed E-state index contributed by atoms with van der Waals surface area (Å²) in [5.41, 5.74) is 2.22. The van der Waals surface area contributed by atoms with Gasteiger partial charge in [-0.3, -0.25) is 19.7 Å². The summed E-state index contributed by atoms with van der Waals surface area (Å²) in [6.07, 6.45) is 3.79. The van der Waals surface area contributed by atoms with Gasteiger partial charge in [0, 0.05) is 53.0 Å². The maximum Gasteiger partial charge on any atom is 0.151 e. The van der Waals surface area contributed by atoms with Crippen LogP contribution in [-0.2, 0) is 18.5 Å². The van der Waals surface area contributed by atoms with Gasteiger partial charge in [0.05, 0.1) is 11.2 Å². The van der Waals surface area contributed by atoms with Gasteiger partial charge in [-0.1, -0.05) is 18.2 Å². The van der Waals surface area contributed by atoms with Crippen LogP contribution in [0.4, 0.5) is 8.78 Å². The number of hydrogen-bond donors (Lipinski definition) is 1. The molecule has 0 saturated carbocycles. The van der Waals surface area contributed by atoms with Crippen molar-refractivity contribution in [2.75, 3.05) is 7.05 Å². The first-order chi connectivity index (χ1) is 16.2. The van der Waals surface area contributed by atoms with Gasteiger partial charge in [-0.15, -0.1) is 0 Å². The molecule has 4 rings (SSSR count). The van der Waals surface area contributed by atoms with E-state index < -0.39 is 17.0 Å². The zero-order valence-electron chi connectivity index (χ0n) is 18.4. The maximum atomic E-state index is 15.1. The van der Waals surface area contributed by atoms with Gasteiger partial charge >= 0.3 is 0 Å². The van der Waals surface area contributed by atoms with E-state index in [9.17, 15) is 9.90 Å². The second-order valence-corrected chi connectivity index (χ2v) is 8.13. The molecule has 2 heterocycles. The average molecular weight is 453 g/mol. The predicted octanol–water partition coefficient (Wildman–Crippen LogP) is 3.46. The molecule has 0 amide bonds. The summed E-state index contributed by atoms with van der Waals surface area (Å²) in [5.74, 6) is -1.44. The fraction of sp³-hybridized carbons (Fsp3) is 0.160. The fourth-order valence-corrected chi connectivity index (χ4v) is 3.94. The molecule has 0 bridgehead atoms. The van der Waals surface area contributed by atoms with Crippen LogP contribution in [-0.4, -0.2) is 49.0 Å². The van der Waals surface area contributed by atoms with Crippen LogP contribution in [0.5, 0.6) is 0 Å². The molecule has 9 heteroatoms. The van der Waals surface area contributed by atoms with Gasteiger partial charge in [-0.2, -0.15) is 0 Å². The molecule has 0 spiro atoms. The number of halogens is 2. The van der Waals surface area contributed by atoms with E-state index in [0.29, 0.717) is 34.0 Å². The highest BCUT2D eigenvalue weighted by molar-refractivity contribution is 6.39. The third kappa shape index (κ3) is 4.76. The number of aromatic nitrogens is 2. The summed E-state index contributed by atoms with van der Waals surface area (Å²) < 4.78 is 30.1. The molecule has 0 aliphatic carbocycles. The molecule has 2 aromatic heterocycles. The van der Waals surface area contributed by atoms with E-state index in [-0.39, 0.29) is 29.8 Å². The van der Waals surface area contributed by atoms with Crippen LogP contribution in [0.3, 0.4) is 0 Å². The number of rotatable bonds is 7. The normalized spacial score (nSPS) is 11.8. The largest absolute Gasteiger partial charge is 0.405 e. The molecule has 34 heavy (non-hydrogen) atoms. The van der Waals surface area contributed by atoms with Crippen LogP contribution in [0.15, 0.2) is 60.9 Å². The molecule has 0 atom stereocenters. The van der Waals surface area contributed by atoms with Crippen molar-refractivity contribution in [3.63, 3.8) is 0 Å². The van der Waals surface area contributed by atoms with Crippen molar-refractivity contribution in [1.29, 1.82) is 0 Å². The smallest absolute Gasteiger partial charge is 0.151 e. The number of fused-ring (bicyclic) bond motifs is 1. The number of nitrogens with zero attached hydrogens (tertiary/aromatic N) is 3. The van der Waals surface area contributed by atoms with E-state index in [0.717, 1.165) is 0 Å². The molecule has 4 radical (unpaired) electrons. The van der Waals surface area contributed by atoms with E-state index >= 15 is 8.78 Å². The first-order valence-corrected chi connectivity index (χ1v) is 10.4. The zero-order valence-corrected chi connectivity index (χ0v) is 18.4. The third-order valence-electron chi connectivity index (χ3n) is 5.55. The van der Waals surface area contributed by atoms with E-state index in [1.54, 1.807) is 48.5 Å². The fourth-order valence-electron chi connectivity index (χ4n) is 3.94. The SMILES string of the molecule is [B]C([B])(O)c1ccc(-c2cc(F)c(CN(C)Cc3ncccc3C=O)c(F)c2)c2ncccc12. The van der Waals surface area contributed by atoms with Gasteiger partial charge in [0.15, 0.2) is 6.29 Å². The quantitative estimate of drug-likeness (QED) is 0.343. The molecule has 4 aromatic rings. The van der Waals surface area contributed by atoms with E-state index in [1.165, 1.54) is 24.4 Å². The van der Waals surface area contributed by atoms with Gasteiger partial charge in [0.25, 0.3) is 0 Å². The molecule has 0 aliphatic rings. The second-order valence-electron chi connectivity index (χ2n) is 8.13. The highest BCUT2D eigenvalue weighted by atomic mass is 19.1. The van der Waals surface area contributed by atoms with Crippen molar-refractivity contribution >= 4 is 32.9 Å². The Hall–Kier alpha value is -3.42. The lowest BCUT2D eigenvalue weighted by molar-refractivity contribution is 0.112. The first kappa shape index (κ1) is 23.7. The average Bonchev–Trinajstić information content (AvgIpc) is 2.80. The van der Waals surface area contributed by atoms with Gasteiger partial charge in [0.2, 0.25) is 0 Å². The van der Waals surface area contributed by atoms with E-state index in [2.05, 4.69) is 9.97 Å². The van der Waals surface area contributed by atoms with Crippen LogP contribution >= 0.6 is 0 Å². The Bertz CT molecular complexity index is 1350. The van der Waals surface area contributed by atoms with Crippen molar-refractivity contribution in [3.05, 3.63) is 94.9 Å². The lowest BCUT2D eigenvalue weighted by Gasteiger charge is -2.22. The molecular weight excluding hydrogens is 434 g/mol. The Morgan fingerprint density at radius 1 is 1.03 bits per heavy atom. The Labute approximate surface area is 198 Å². The van der Waals surface area contributed by atoms with Crippen molar-refractivity contribution < 1.29 is 18.7 Å². The van der Waals surface area contributed by atoms with Gasteiger partial charge in [-0.05, 0) is 48.5 Å². The first-order valence-electron chi connectivity index (χ1n) is 10.4. The second kappa shape index (κ2) is 9.44. The van der Waals surface area contributed by atoms with Gasteiger partial charge in [-0.25, -0.2) is 8.78 Å². The number of carbonyl (C=O) groups is 1. The molecular formula is C25H19B2F2N3O2. The van der Waals surface area contributed by atoms with Crippen molar-refractivity contribution in [2.45, 2.75) is 18.5 Å². The van der Waals surface area contributed by atoms with Crippen molar-refractivity contribution in [1.82, 2.24) is 14.9 Å². The lowest BCUT2D eigenvalue weighted by atomic mass is 9.60. The minimum absolute atomic E-state index is 0.0296. The van der Waals surface area contributed by atoms with Crippen LogP contribution in [0.2, 0.25) is 0 Å². The van der Waals surface area contributed by atoms with Crippen LogP contribution in [0.1, 0.15) is 27.2 Å². The maximum absolute atomic E-state index is 15.1. The molecule has 0 unspecified atom stereocenters. The predicted molar refractivity (Wildman–Crippen MR) is 127 cm³/mol. The number of aliphatic hydroxyl groups is 1. The minimum Gasteiger partial charge on any atom is -0.405 e. The Morgan fingerprint density at radius 3 is 2.38 bits per heavy atom. The lowest BCUT2D eigenvalue weighted by Crippen LogP contribution is -2.26. The Kier molecular flexibility index (Phi) is 6.59. The molecule has 166 valence electrons. The summed E-state index contributed by atoms with van der Waals surface area (Å²) in [6, 6.07) is 12.2.